The maximum atomic E-state index is 11.7. The predicted octanol–water partition coefficient (Wildman–Crippen LogP) is 6.87. The molecule has 1 saturated carbocycles. The Bertz CT molecular complexity index is 982. The van der Waals surface area contributed by atoms with E-state index < -0.39 is 22.0 Å². The predicted molar refractivity (Wildman–Crippen MR) is 137 cm³/mol. The first-order chi connectivity index (χ1) is 16.0. The van der Waals surface area contributed by atoms with Crippen molar-refractivity contribution in [3.8, 4) is 0 Å². The normalized spacial score (nSPS) is 32.4. The Hall–Kier alpha value is -0.820. The third-order valence-electron chi connectivity index (χ3n) is 8.12. The molecule has 4 nitrogen and oxygen atoms in total. The topological polar surface area (TPSA) is 58.9 Å². The number of rotatable bonds is 8. The van der Waals surface area contributed by atoms with E-state index >= 15 is 0 Å². The number of fused-ring (bicyclic) bond motifs is 1. The summed E-state index contributed by atoms with van der Waals surface area (Å²) in [6.45, 7) is 4.58. The molecular formula is C26H28Cl4O4. The molecule has 8 heteroatoms. The first kappa shape index (κ1) is 26.2. The van der Waals surface area contributed by atoms with Crippen LogP contribution in [0, 0.1) is 10.8 Å². The van der Waals surface area contributed by atoms with Gasteiger partial charge in [-0.1, -0.05) is 84.5 Å². The Kier molecular flexibility index (Phi) is 7.39. The van der Waals surface area contributed by atoms with Gasteiger partial charge in [0.15, 0.2) is 0 Å². The van der Waals surface area contributed by atoms with Crippen molar-refractivity contribution in [1.82, 2.24) is 0 Å². The van der Waals surface area contributed by atoms with Crippen molar-refractivity contribution in [3.05, 3.63) is 79.8 Å². The molecule has 0 aliphatic heterocycles. The van der Waals surface area contributed by atoms with Crippen molar-refractivity contribution < 1.29 is 19.7 Å². The summed E-state index contributed by atoms with van der Waals surface area (Å²) in [6.07, 6.45) is 4.45. The van der Waals surface area contributed by atoms with Gasteiger partial charge in [-0.25, -0.2) is 0 Å². The lowest BCUT2D eigenvalue weighted by atomic mass is 9.32. The number of hydrogen-bond donors (Lipinski definition) is 2. The molecule has 2 aliphatic rings. The summed E-state index contributed by atoms with van der Waals surface area (Å²) >= 11 is 25.2. The highest BCUT2D eigenvalue weighted by Crippen LogP contribution is 2.72. The van der Waals surface area contributed by atoms with Gasteiger partial charge >= 0.3 is 0 Å². The van der Waals surface area contributed by atoms with E-state index in [1.54, 1.807) is 36.4 Å². The average molecular weight is 546 g/mol. The largest absolute Gasteiger partial charge is 0.386 e. The van der Waals surface area contributed by atoms with E-state index in [-0.39, 0.29) is 26.4 Å². The molecule has 34 heavy (non-hydrogen) atoms. The third-order valence-corrected chi connectivity index (χ3v) is 9.53. The maximum absolute atomic E-state index is 11.7. The Morgan fingerprint density at radius 3 is 1.32 bits per heavy atom. The minimum Gasteiger partial charge on any atom is -0.386 e. The maximum Gasteiger partial charge on any atom is 0.106 e. The number of benzene rings is 2. The summed E-state index contributed by atoms with van der Waals surface area (Å²) in [5.74, 6) is 0. The van der Waals surface area contributed by atoms with Crippen LogP contribution in [0.15, 0.2) is 48.6 Å². The smallest absolute Gasteiger partial charge is 0.106 e. The summed E-state index contributed by atoms with van der Waals surface area (Å²) in [6, 6.07) is 10.6. The molecule has 184 valence electrons. The van der Waals surface area contributed by atoms with Crippen LogP contribution in [0.1, 0.15) is 37.8 Å². The minimum absolute atomic E-state index is 0.175. The molecular weight excluding hydrogens is 518 g/mol. The SMILES string of the molecule is C[C@]1(COCc2c(Cl)cccc2Cl)C2(O)CC=CCC2(O)[C@@]1(C)COCc1c(Cl)cccc1Cl. The van der Waals surface area contributed by atoms with Crippen LogP contribution in [0.4, 0.5) is 0 Å². The van der Waals surface area contributed by atoms with Crippen LogP contribution in [0.5, 0.6) is 0 Å². The second-order valence-corrected chi connectivity index (χ2v) is 11.3. The number of halogens is 4. The van der Waals surface area contributed by atoms with Crippen LogP contribution in [-0.4, -0.2) is 34.6 Å². The van der Waals surface area contributed by atoms with Crippen LogP contribution in [0.25, 0.3) is 0 Å². The standard InChI is InChI=1S/C26H28Cl4O4/c1-23(15-33-13-17-19(27)7-5-8-20(17)28)24(2,26(32)12-4-3-11-25(23,26)31)16-34-14-18-21(29)9-6-10-22(18)30/h3-10,31-32H,11-16H2,1-2H3/t23-,24+,25?,26?. The Morgan fingerprint density at radius 1 is 0.676 bits per heavy atom. The zero-order chi connectivity index (χ0) is 24.8. The lowest BCUT2D eigenvalue weighted by Crippen LogP contribution is -2.88. The minimum atomic E-state index is -1.38. The molecule has 2 N–H and O–H groups in total. The fourth-order valence-corrected chi connectivity index (χ4v) is 6.68. The summed E-state index contributed by atoms with van der Waals surface area (Å²) in [5, 5.41) is 25.5. The molecule has 2 aromatic carbocycles. The van der Waals surface area contributed by atoms with E-state index in [4.69, 9.17) is 55.9 Å². The molecule has 4 rings (SSSR count). The highest BCUT2D eigenvalue weighted by Gasteiger charge is 2.83. The van der Waals surface area contributed by atoms with E-state index in [1.165, 1.54) is 0 Å². The van der Waals surface area contributed by atoms with Crippen molar-refractivity contribution in [2.45, 2.75) is 51.1 Å². The molecule has 0 amide bonds. The molecule has 1 fully saturated rings. The summed E-state index contributed by atoms with van der Waals surface area (Å²) in [7, 11) is 0. The van der Waals surface area contributed by atoms with Gasteiger partial charge in [0.2, 0.25) is 0 Å². The van der Waals surface area contributed by atoms with Gasteiger partial charge in [0, 0.05) is 42.0 Å². The first-order valence-electron chi connectivity index (χ1n) is 11.1. The van der Waals surface area contributed by atoms with Crippen LogP contribution < -0.4 is 0 Å². The molecule has 0 aromatic heterocycles. The van der Waals surface area contributed by atoms with Gasteiger partial charge in [-0.3, -0.25) is 0 Å². The fraction of sp³-hybridized carbons (Fsp3) is 0.462. The fourth-order valence-electron chi connectivity index (χ4n) is 5.67. The molecule has 4 atom stereocenters. The van der Waals surface area contributed by atoms with Gasteiger partial charge < -0.3 is 19.7 Å². The van der Waals surface area contributed by atoms with E-state index in [2.05, 4.69) is 0 Å². The van der Waals surface area contributed by atoms with Gasteiger partial charge in [-0.2, -0.15) is 0 Å². The average Bonchev–Trinajstić information content (AvgIpc) is 2.79. The Morgan fingerprint density at radius 2 is 1.00 bits per heavy atom. The van der Waals surface area contributed by atoms with Gasteiger partial charge in [0.1, 0.15) is 11.2 Å². The molecule has 2 aliphatic carbocycles. The monoisotopic (exact) mass is 544 g/mol. The lowest BCUT2D eigenvalue weighted by Gasteiger charge is -2.76. The molecule has 2 aromatic rings. The van der Waals surface area contributed by atoms with Gasteiger partial charge in [-0.15, -0.1) is 0 Å². The molecule has 0 spiro atoms. The van der Waals surface area contributed by atoms with Gasteiger partial charge in [0.05, 0.1) is 26.4 Å². The van der Waals surface area contributed by atoms with Crippen LogP contribution in [0.2, 0.25) is 20.1 Å². The summed E-state index contributed by atoms with van der Waals surface area (Å²) in [4.78, 5) is 0. The molecule has 0 saturated heterocycles. The van der Waals surface area contributed by atoms with Crippen molar-refractivity contribution in [3.63, 3.8) is 0 Å². The zero-order valence-corrected chi connectivity index (χ0v) is 22.1. The van der Waals surface area contributed by atoms with E-state index in [0.717, 1.165) is 0 Å². The number of ether oxygens (including phenoxy) is 2. The first-order valence-corrected chi connectivity index (χ1v) is 12.6. The molecule has 0 radical (unpaired) electrons. The van der Waals surface area contributed by atoms with Crippen molar-refractivity contribution in [2.75, 3.05) is 13.2 Å². The van der Waals surface area contributed by atoms with Crippen LogP contribution in [-0.2, 0) is 22.7 Å². The lowest BCUT2D eigenvalue weighted by molar-refractivity contribution is -0.408. The second-order valence-electron chi connectivity index (χ2n) is 9.65. The van der Waals surface area contributed by atoms with E-state index in [1.807, 2.05) is 26.0 Å². The van der Waals surface area contributed by atoms with Crippen LogP contribution in [0.3, 0.4) is 0 Å². The Balaban J connectivity index is 1.55. The zero-order valence-electron chi connectivity index (χ0n) is 19.1. The molecule has 0 bridgehead atoms. The number of hydrogen-bond acceptors (Lipinski definition) is 4. The van der Waals surface area contributed by atoms with E-state index in [9.17, 15) is 10.2 Å². The van der Waals surface area contributed by atoms with Crippen molar-refractivity contribution >= 4 is 46.4 Å². The van der Waals surface area contributed by atoms with Gasteiger partial charge in [-0.05, 0) is 37.1 Å². The van der Waals surface area contributed by atoms with Gasteiger partial charge in [0.25, 0.3) is 0 Å². The summed E-state index contributed by atoms with van der Waals surface area (Å²) in [5.41, 5.74) is -3.02. The van der Waals surface area contributed by atoms with E-state index in [0.29, 0.717) is 44.1 Å². The summed E-state index contributed by atoms with van der Waals surface area (Å²) < 4.78 is 12.2. The second kappa shape index (κ2) is 9.57. The third kappa shape index (κ3) is 3.82. The highest BCUT2D eigenvalue weighted by molar-refractivity contribution is 6.36. The number of aliphatic hydroxyl groups is 2. The Labute approximate surface area is 220 Å². The van der Waals surface area contributed by atoms with Crippen molar-refractivity contribution in [2.24, 2.45) is 10.8 Å². The quantitative estimate of drug-likeness (QED) is 0.355. The highest BCUT2D eigenvalue weighted by atomic mass is 35.5. The molecule has 0 heterocycles. The van der Waals surface area contributed by atoms with Crippen LogP contribution >= 0.6 is 46.4 Å². The molecule has 2 unspecified atom stereocenters. The van der Waals surface area contributed by atoms with Crippen molar-refractivity contribution in [1.29, 1.82) is 0 Å².